The van der Waals surface area contributed by atoms with Gasteiger partial charge in [-0.25, -0.2) is 0 Å². The fourth-order valence-electron chi connectivity index (χ4n) is 2.66. The summed E-state index contributed by atoms with van der Waals surface area (Å²) in [7, 11) is 0. The van der Waals surface area contributed by atoms with Crippen LogP contribution < -0.4 is 0 Å². The maximum Gasteiger partial charge on any atom is 0.0671 e. The van der Waals surface area contributed by atoms with Crippen LogP contribution in [0, 0.1) is 3.57 Å². The van der Waals surface area contributed by atoms with Gasteiger partial charge in [-0.1, -0.05) is 32.9 Å². The quantitative estimate of drug-likeness (QED) is 0.458. The lowest BCUT2D eigenvalue weighted by molar-refractivity contribution is 0.638. The predicted molar refractivity (Wildman–Crippen MR) is 98.1 cm³/mol. The highest BCUT2D eigenvalue weighted by atomic mass is 127. The summed E-state index contributed by atoms with van der Waals surface area (Å²) in [5.74, 6) is 0. The van der Waals surface area contributed by atoms with Crippen LogP contribution in [0.15, 0.2) is 24.3 Å². The summed E-state index contributed by atoms with van der Waals surface area (Å²) in [6.07, 6.45) is 2.85. The highest BCUT2D eigenvalue weighted by molar-refractivity contribution is 14.1. The molecule has 1 aromatic carbocycles. The Balaban J connectivity index is 2.39. The number of hydrogen-bond acceptors (Lipinski definition) is 1. The van der Waals surface area contributed by atoms with Crippen LogP contribution in [0.25, 0.3) is 0 Å². The molecule has 114 valence electrons. The van der Waals surface area contributed by atoms with E-state index >= 15 is 0 Å². The van der Waals surface area contributed by atoms with Gasteiger partial charge in [0, 0.05) is 14.8 Å². The van der Waals surface area contributed by atoms with Gasteiger partial charge in [0.1, 0.15) is 0 Å². The Morgan fingerprint density at radius 1 is 1.14 bits per heavy atom. The Hall–Kier alpha value is -0.550. The Bertz CT molecular complexity index is 590. The minimum Gasteiger partial charge on any atom is -0.265 e. The van der Waals surface area contributed by atoms with Crippen LogP contribution in [-0.4, -0.2) is 9.78 Å². The summed E-state index contributed by atoms with van der Waals surface area (Å²) in [5, 5.41) is 4.89. The Morgan fingerprint density at radius 2 is 1.81 bits per heavy atom. The van der Waals surface area contributed by atoms with E-state index in [9.17, 15) is 0 Å². The zero-order chi connectivity index (χ0) is 15.4. The number of hydrogen-bond donors (Lipinski definition) is 0. The van der Waals surface area contributed by atoms with Crippen LogP contribution in [0.2, 0.25) is 0 Å². The van der Waals surface area contributed by atoms with Crippen molar-refractivity contribution < 1.29 is 0 Å². The van der Waals surface area contributed by atoms with Gasteiger partial charge < -0.3 is 0 Å². The molecule has 0 fully saturated rings. The molecule has 0 aliphatic heterocycles. The van der Waals surface area contributed by atoms with E-state index in [4.69, 9.17) is 16.7 Å². The molecule has 0 radical (unpaired) electrons. The summed E-state index contributed by atoms with van der Waals surface area (Å²) >= 11 is 8.87. The number of aryl methyl sites for hydroxylation is 1. The maximum absolute atomic E-state index is 6.54. The summed E-state index contributed by atoms with van der Waals surface area (Å²) < 4.78 is 3.40. The van der Waals surface area contributed by atoms with Gasteiger partial charge in [0.2, 0.25) is 0 Å². The van der Waals surface area contributed by atoms with E-state index in [2.05, 4.69) is 72.3 Å². The lowest BCUT2D eigenvalue weighted by Gasteiger charge is -2.11. The average Bonchev–Trinajstić information content (AvgIpc) is 2.86. The number of benzene rings is 1. The topological polar surface area (TPSA) is 17.8 Å². The molecule has 0 saturated carbocycles. The Morgan fingerprint density at radius 3 is 2.33 bits per heavy atom. The standard InChI is InChI=1S/C17H22ClIN2/c1-4-14(18)17-15(5-2)20-21(16(17)6-3)11-12-7-9-13(19)10-8-12/h7-10,14H,4-6,11H2,1-3H3. The fraction of sp³-hybridized carbons (Fsp3) is 0.471. The molecule has 2 aromatic rings. The lowest BCUT2D eigenvalue weighted by atomic mass is 10.0. The van der Waals surface area contributed by atoms with E-state index in [1.807, 2.05) is 0 Å². The molecule has 2 nitrogen and oxygen atoms in total. The molecule has 1 heterocycles. The summed E-state index contributed by atoms with van der Waals surface area (Å²) in [6, 6.07) is 8.63. The van der Waals surface area contributed by atoms with Crippen molar-refractivity contribution in [3.05, 3.63) is 50.4 Å². The molecule has 21 heavy (non-hydrogen) atoms. The van der Waals surface area contributed by atoms with Gasteiger partial charge in [0.25, 0.3) is 0 Å². The molecule has 4 heteroatoms. The van der Waals surface area contributed by atoms with Crippen molar-refractivity contribution in [2.75, 3.05) is 0 Å². The van der Waals surface area contributed by atoms with Crippen LogP contribution in [0.4, 0.5) is 0 Å². The second kappa shape index (κ2) is 7.63. The van der Waals surface area contributed by atoms with E-state index in [0.717, 1.165) is 31.5 Å². The first kappa shape index (κ1) is 16.8. The molecule has 2 rings (SSSR count). The largest absolute Gasteiger partial charge is 0.265 e. The average molecular weight is 417 g/mol. The van der Waals surface area contributed by atoms with Crippen LogP contribution in [0.5, 0.6) is 0 Å². The smallest absolute Gasteiger partial charge is 0.0671 e. The number of halogens is 2. The molecule has 0 aliphatic carbocycles. The van der Waals surface area contributed by atoms with E-state index in [1.54, 1.807) is 0 Å². The van der Waals surface area contributed by atoms with Gasteiger partial charge in [-0.15, -0.1) is 11.6 Å². The van der Waals surface area contributed by atoms with Gasteiger partial charge in [-0.3, -0.25) is 4.68 Å². The number of aromatic nitrogens is 2. The van der Waals surface area contributed by atoms with Crippen molar-refractivity contribution >= 4 is 34.2 Å². The molecule has 1 unspecified atom stereocenters. The number of nitrogens with zero attached hydrogens (tertiary/aromatic N) is 2. The third-order valence-electron chi connectivity index (χ3n) is 3.76. The van der Waals surface area contributed by atoms with E-state index < -0.39 is 0 Å². The first-order valence-corrected chi connectivity index (χ1v) is 9.09. The van der Waals surface area contributed by atoms with Crippen molar-refractivity contribution in [1.29, 1.82) is 0 Å². The fourth-order valence-corrected chi connectivity index (χ4v) is 3.27. The minimum atomic E-state index is 0.0698. The van der Waals surface area contributed by atoms with Crippen LogP contribution in [0.3, 0.4) is 0 Å². The first-order valence-electron chi connectivity index (χ1n) is 7.57. The molecule has 0 saturated heterocycles. The van der Waals surface area contributed by atoms with Crippen molar-refractivity contribution in [3.8, 4) is 0 Å². The molecule has 0 spiro atoms. The molecule has 0 N–H and O–H groups in total. The molecular weight excluding hydrogens is 395 g/mol. The molecule has 0 aliphatic rings. The number of rotatable bonds is 6. The molecule has 0 amide bonds. The van der Waals surface area contributed by atoms with Crippen LogP contribution in [0.1, 0.15) is 55.1 Å². The predicted octanol–water partition coefficient (Wildman–Crippen LogP) is 5.35. The summed E-state index contributed by atoms with van der Waals surface area (Å²) in [5.41, 5.74) is 4.98. The third kappa shape index (κ3) is 3.81. The van der Waals surface area contributed by atoms with Crippen LogP contribution in [-0.2, 0) is 19.4 Å². The third-order valence-corrected chi connectivity index (χ3v) is 5.01. The Kier molecular flexibility index (Phi) is 6.11. The summed E-state index contributed by atoms with van der Waals surface area (Å²) in [4.78, 5) is 0. The molecule has 0 bridgehead atoms. The van der Waals surface area contributed by atoms with Gasteiger partial charge in [0.15, 0.2) is 0 Å². The van der Waals surface area contributed by atoms with E-state index in [1.165, 1.54) is 20.4 Å². The van der Waals surface area contributed by atoms with Crippen molar-refractivity contribution in [1.82, 2.24) is 9.78 Å². The highest BCUT2D eigenvalue weighted by Gasteiger charge is 2.20. The Labute approximate surface area is 146 Å². The second-order valence-electron chi connectivity index (χ2n) is 5.17. The van der Waals surface area contributed by atoms with Crippen molar-refractivity contribution in [2.24, 2.45) is 0 Å². The lowest BCUT2D eigenvalue weighted by Crippen LogP contribution is -2.07. The SMILES string of the molecule is CCc1nn(Cc2ccc(I)cc2)c(CC)c1C(Cl)CC. The van der Waals surface area contributed by atoms with Crippen molar-refractivity contribution in [2.45, 2.75) is 52.0 Å². The molecular formula is C17H22ClIN2. The zero-order valence-corrected chi connectivity index (χ0v) is 15.8. The molecule has 1 aromatic heterocycles. The molecule has 1 atom stereocenters. The first-order chi connectivity index (χ1) is 10.1. The van der Waals surface area contributed by atoms with Gasteiger partial charge in [0.05, 0.1) is 17.6 Å². The number of alkyl halides is 1. The van der Waals surface area contributed by atoms with E-state index in [0.29, 0.717) is 0 Å². The normalized spacial score (nSPS) is 12.6. The monoisotopic (exact) mass is 416 g/mol. The highest BCUT2D eigenvalue weighted by Crippen LogP contribution is 2.31. The summed E-state index contributed by atoms with van der Waals surface area (Å²) in [6.45, 7) is 7.29. The second-order valence-corrected chi connectivity index (χ2v) is 6.95. The minimum absolute atomic E-state index is 0.0698. The van der Waals surface area contributed by atoms with E-state index in [-0.39, 0.29) is 5.38 Å². The zero-order valence-electron chi connectivity index (χ0n) is 12.9. The van der Waals surface area contributed by atoms with Gasteiger partial charge in [-0.2, -0.15) is 5.10 Å². The van der Waals surface area contributed by atoms with Crippen molar-refractivity contribution in [3.63, 3.8) is 0 Å². The maximum atomic E-state index is 6.54. The van der Waals surface area contributed by atoms with Gasteiger partial charge in [-0.05, 0) is 59.5 Å². The van der Waals surface area contributed by atoms with Crippen LogP contribution >= 0.6 is 34.2 Å². The van der Waals surface area contributed by atoms with Gasteiger partial charge >= 0.3 is 0 Å².